The summed E-state index contributed by atoms with van der Waals surface area (Å²) < 4.78 is 0. The van der Waals surface area contributed by atoms with Crippen molar-refractivity contribution >= 4 is 17.4 Å². The van der Waals surface area contributed by atoms with Crippen LogP contribution in [-0.4, -0.2) is 34.3 Å². The second-order valence-corrected chi connectivity index (χ2v) is 5.17. The van der Waals surface area contributed by atoms with Gasteiger partial charge in [0.15, 0.2) is 0 Å². The molecular formula is C11H13NO2S. The Balaban J connectivity index is 2.06. The number of rotatable bonds is 0. The summed E-state index contributed by atoms with van der Waals surface area (Å²) in [6.45, 7) is 0.834. The van der Waals surface area contributed by atoms with Gasteiger partial charge in [0.2, 0.25) is 0 Å². The molecule has 3 atom stereocenters. The standard InChI is InChI=1S/C11H13NO2S/c13-8-5-6-12-7-3-1-2-4-9(7)15-11(14)10(8)12/h1-4,8,10-11,13-14H,5-6H2. The molecule has 3 unspecified atom stereocenters. The topological polar surface area (TPSA) is 43.7 Å². The second kappa shape index (κ2) is 3.40. The van der Waals surface area contributed by atoms with Crippen LogP contribution in [0.3, 0.4) is 0 Å². The Morgan fingerprint density at radius 1 is 1.27 bits per heavy atom. The zero-order valence-corrected chi connectivity index (χ0v) is 9.02. The van der Waals surface area contributed by atoms with Crippen LogP contribution in [0.1, 0.15) is 6.42 Å². The molecule has 0 aromatic heterocycles. The van der Waals surface area contributed by atoms with E-state index in [0.29, 0.717) is 0 Å². The van der Waals surface area contributed by atoms with Gasteiger partial charge in [0, 0.05) is 11.4 Å². The van der Waals surface area contributed by atoms with Gasteiger partial charge in [-0.3, -0.25) is 0 Å². The predicted octanol–water partition coefficient (Wildman–Crippen LogP) is 1.05. The fourth-order valence-corrected chi connectivity index (χ4v) is 3.61. The molecule has 0 radical (unpaired) electrons. The van der Waals surface area contributed by atoms with E-state index < -0.39 is 11.5 Å². The monoisotopic (exact) mass is 223 g/mol. The minimum atomic E-state index is -0.516. The third kappa shape index (κ3) is 1.36. The van der Waals surface area contributed by atoms with Gasteiger partial charge in [-0.1, -0.05) is 23.9 Å². The van der Waals surface area contributed by atoms with Crippen molar-refractivity contribution in [2.24, 2.45) is 0 Å². The zero-order valence-electron chi connectivity index (χ0n) is 8.21. The van der Waals surface area contributed by atoms with Crippen LogP contribution in [0.4, 0.5) is 5.69 Å². The predicted molar refractivity (Wildman–Crippen MR) is 60.1 cm³/mol. The average Bonchev–Trinajstić information content (AvgIpc) is 2.62. The van der Waals surface area contributed by atoms with Gasteiger partial charge in [-0.2, -0.15) is 0 Å². The van der Waals surface area contributed by atoms with E-state index in [4.69, 9.17) is 0 Å². The van der Waals surface area contributed by atoms with Crippen molar-refractivity contribution in [3.8, 4) is 0 Å². The maximum Gasteiger partial charge on any atom is 0.127 e. The van der Waals surface area contributed by atoms with E-state index >= 15 is 0 Å². The highest BCUT2D eigenvalue weighted by Gasteiger charge is 2.42. The summed E-state index contributed by atoms with van der Waals surface area (Å²) in [6, 6.07) is 7.91. The molecule has 2 N–H and O–H groups in total. The van der Waals surface area contributed by atoms with Crippen LogP contribution in [0.15, 0.2) is 29.2 Å². The Hall–Kier alpha value is -0.710. The van der Waals surface area contributed by atoms with E-state index in [-0.39, 0.29) is 6.04 Å². The van der Waals surface area contributed by atoms with Gasteiger partial charge in [-0.05, 0) is 18.6 Å². The van der Waals surface area contributed by atoms with Gasteiger partial charge >= 0.3 is 0 Å². The first-order valence-corrected chi connectivity index (χ1v) is 6.04. The summed E-state index contributed by atoms with van der Waals surface area (Å²) in [5.41, 5.74) is 0.631. The fraction of sp³-hybridized carbons (Fsp3) is 0.455. The smallest absolute Gasteiger partial charge is 0.127 e. The molecule has 0 amide bonds. The number of fused-ring (bicyclic) bond motifs is 3. The number of hydrogen-bond donors (Lipinski definition) is 2. The first-order chi connectivity index (χ1) is 7.27. The molecule has 2 aliphatic heterocycles. The van der Waals surface area contributed by atoms with E-state index in [1.807, 2.05) is 18.2 Å². The molecular weight excluding hydrogens is 210 g/mol. The number of anilines is 1. The van der Waals surface area contributed by atoms with Crippen LogP contribution in [-0.2, 0) is 0 Å². The van der Waals surface area contributed by atoms with Crippen molar-refractivity contribution < 1.29 is 10.2 Å². The molecule has 1 aromatic rings. The Morgan fingerprint density at radius 2 is 2.07 bits per heavy atom. The number of thioether (sulfide) groups is 1. The first-order valence-electron chi connectivity index (χ1n) is 5.16. The molecule has 3 nitrogen and oxygen atoms in total. The summed E-state index contributed by atoms with van der Waals surface area (Å²) >= 11 is 1.45. The highest BCUT2D eigenvalue weighted by atomic mass is 32.2. The molecule has 1 aromatic carbocycles. The molecule has 3 rings (SSSR count). The van der Waals surface area contributed by atoms with Gasteiger partial charge in [0.1, 0.15) is 5.44 Å². The largest absolute Gasteiger partial charge is 0.391 e. The van der Waals surface area contributed by atoms with E-state index in [2.05, 4.69) is 11.0 Å². The number of para-hydroxylation sites is 1. The second-order valence-electron chi connectivity index (χ2n) is 4.02. The lowest BCUT2D eigenvalue weighted by molar-refractivity contribution is 0.113. The number of aliphatic hydroxyl groups excluding tert-OH is 2. The van der Waals surface area contributed by atoms with Crippen molar-refractivity contribution in [1.82, 2.24) is 0 Å². The summed E-state index contributed by atoms with van der Waals surface area (Å²) in [6.07, 6.45) is 0.345. The highest BCUT2D eigenvalue weighted by Crippen LogP contribution is 2.44. The number of aliphatic hydroxyl groups is 2. The van der Waals surface area contributed by atoms with Gasteiger partial charge in [-0.25, -0.2) is 0 Å². The number of hydrogen-bond acceptors (Lipinski definition) is 4. The van der Waals surface area contributed by atoms with E-state index in [0.717, 1.165) is 23.5 Å². The molecule has 2 heterocycles. The van der Waals surface area contributed by atoms with Crippen LogP contribution < -0.4 is 4.90 Å². The highest BCUT2D eigenvalue weighted by molar-refractivity contribution is 8.00. The third-order valence-electron chi connectivity index (χ3n) is 3.13. The molecule has 0 bridgehead atoms. The van der Waals surface area contributed by atoms with E-state index in [1.54, 1.807) is 0 Å². The van der Waals surface area contributed by atoms with Crippen molar-refractivity contribution in [2.45, 2.75) is 28.9 Å². The Bertz CT molecular complexity index is 385. The van der Waals surface area contributed by atoms with Crippen LogP contribution in [0.2, 0.25) is 0 Å². The summed E-state index contributed by atoms with van der Waals surface area (Å²) in [5.74, 6) is 0. The maximum absolute atomic E-state index is 9.96. The van der Waals surface area contributed by atoms with Crippen molar-refractivity contribution in [1.29, 1.82) is 0 Å². The quantitative estimate of drug-likeness (QED) is 0.690. The van der Waals surface area contributed by atoms with Crippen LogP contribution in [0.5, 0.6) is 0 Å². The number of nitrogens with zero attached hydrogens (tertiary/aromatic N) is 1. The molecule has 15 heavy (non-hydrogen) atoms. The molecule has 2 aliphatic rings. The van der Waals surface area contributed by atoms with Gasteiger partial charge in [0.05, 0.1) is 17.8 Å². The SMILES string of the molecule is OC1CCN2c3ccccc3SC(O)C12. The third-order valence-corrected chi connectivity index (χ3v) is 4.25. The van der Waals surface area contributed by atoms with Crippen molar-refractivity contribution in [2.75, 3.05) is 11.4 Å². The lowest BCUT2D eigenvalue weighted by atomic mass is 10.1. The first kappa shape index (κ1) is 9.51. The van der Waals surface area contributed by atoms with Gasteiger partial charge < -0.3 is 15.1 Å². The molecule has 80 valence electrons. The van der Waals surface area contributed by atoms with Crippen molar-refractivity contribution in [3.63, 3.8) is 0 Å². The average molecular weight is 223 g/mol. The Labute approximate surface area is 92.7 Å². The molecule has 4 heteroatoms. The van der Waals surface area contributed by atoms with Gasteiger partial charge in [0.25, 0.3) is 0 Å². The molecule has 1 saturated heterocycles. The van der Waals surface area contributed by atoms with E-state index in [9.17, 15) is 10.2 Å². The molecule has 1 fully saturated rings. The molecule has 0 aliphatic carbocycles. The van der Waals surface area contributed by atoms with Gasteiger partial charge in [-0.15, -0.1) is 0 Å². The minimum absolute atomic E-state index is 0.134. The number of benzene rings is 1. The lowest BCUT2D eigenvalue weighted by Crippen LogP contribution is -2.45. The van der Waals surface area contributed by atoms with Crippen LogP contribution in [0.25, 0.3) is 0 Å². The zero-order chi connectivity index (χ0) is 10.4. The van der Waals surface area contributed by atoms with Crippen LogP contribution >= 0.6 is 11.8 Å². The van der Waals surface area contributed by atoms with Crippen LogP contribution in [0, 0.1) is 0 Å². The summed E-state index contributed by atoms with van der Waals surface area (Å²) in [7, 11) is 0. The summed E-state index contributed by atoms with van der Waals surface area (Å²) in [5, 5.41) is 19.8. The Morgan fingerprint density at radius 3 is 2.93 bits per heavy atom. The maximum atomic E-state index is 9.96. The molecule has 0 saturated carbocycles. The molecule has 0 spiro atoms. The fourth-order valence-electron chi connectivity index (χ4n) is 2.42. The summed E-state index contributed by atoms with van der Waals surface area (Å²) in [4.78, 5) is 3.23. The normalized spacial score (nSPS) is 33.7. The van der Waals surface area contributed by atoms with E-state index in [1.165, 1.54) is 11.8 Å². The Kier molecular flexibility index (Phi) is 2.16. The van der Waals surface area contributed by atoms with Crippen molar-refractivity contribution in [3.05, 3.63) is 24.3 Å². The lowest BCUT2D eigenvalue weighted by Gasteiger charge is -2.37. The minimum Gasteiger partial charge on any atom is -0.391 e.